The van der Waals surface area contributed by atoms with Crippen LogP contribution in [0.15, 0.2) is 24.4 Å². The van der Waals surface area contributed by atoms with E-state index in [1.165, 1.54) is 0 Å². The van der Waals surface area contributed by atoms with Crippen LogP contribution in [0.3, 0.4) is 0 Å². The van der Waals surface area contributed by atoms with Crippen molar-refractivity contribution in [2.45, 2.75) is 25.0 Å². The number of nitrogens with zero attached hydrogens (tertiary/aromatic N) is 1. The molecule has 0 bridgehead atoms. The van der Waals surface area contributed by atoms with Crippen molar-refractivity contribution in [3.63, 3.8) is 0 Å². The van der Waals surface area contributed by atoms with Crippen LogP contribution >= 0.6 is 11.8 Å². The number of pyridine rings is 1. The van der Waals surface area contributed by atoms with Crippen LogP contribution in [0.1, 0.15) is 30.7 Å². The molecule has 1 atom stereocenters. The van der Waals surface area contributed by atoms with Crippen LogP contribution in [0.5, 0.6) is 0 Å². The molecule has 1 rings (SSSR count). The number of rotatable bonds is 6. The number of hydrogen-bond acceptors (Lipinski definition) is 3. The van der Waals surface area contributed by atoms with Gasteiger partial charge in [-0.15, -0.1) is 11.8 Å². The van der Waals surface area contributed by atoms with Gasteiger partial charge >= 0.3 is 0 Å². The molecule has 0 aliphatic carbocycles. The van der Waals surface area contributed by atoms with Gasteiger partial charge in [0, 0.05) is 6.20 Å². The van der Waals surface area contributed by atoms with Gasteiger partial charge in [-0.05, 0) is 24.3 Å². The topological polar surface area (TPSA) is 56.0 Å². The number of nitrogens with two attached hydrogens (primary N) is 1. The van der Waals surface area contributed by atoms with E-state index >= 15 is 0 Å². The molecule has 15 heavy (non-hydrogen) atoms. The molecule has 1 aromatic heterocycles. The first kappa shape index (κ1) is 12.0. The summed E-state index contributed by atoms with van der Waals surface area (Å²) in [6, 6.07) is 5.55. The Balaban J connectivity index is 2.62. The largest absolute Gasteiger partial charge is 0.368 e. The van der Waals surface area contributed by atoms with Gasteiger partial charge in [-0.3, -0.25) is 9.78 Å². The molecule has 1 heterocycles. The van der Waals surface area contributed by atoms with Crippen LogP contribution in [0.4, 0.5) is 0 Å². The Morgan fingerprint density at radius 2 is 2.40 bits per heavy atom. The molecule has 1 amide bonds. The molecule has 0 radical (unpaired) electrons. The first-order chi connectivity index (χ1) is 7.25. The number of hydrogen-bond donors (Lipinski definition) is 1. The van der Waals surface area contributed by atoms with Gasteiger partial charge in [-0.25, -0.2) is 0 Å². The van der Waals surface area contributed by atoms with E-state index in [0.717, 1.165) is 24.3 Å². The summed E-state index contributed by atoms with van der Waals surface area (Å²) in [6.45, 7) is 2.13. The quantitative estimate of drug-likeness (QED) is 0.753. The van der Waals surface area contributed by atoms with E-state index in [1.807, 2.05) is 18.2 Å². The van der Waals surface area contributed by atoms with Gasteiger partial charge in [0.25, 0.3) is 0 Å². The lowest BCUT2D eigenvalue weighted by Gasteiger charge is -2.11. The van der Waals surface area contributed by atoms with Crippen LogP contribution in [0.25, 0.3) is 0 Å². The zero-order chi connectivity index (χ0) is 11.1. The average molecular weight is 224 g/mol. The molecule has 0 aromatic carbocycles. The first-order valence-electron chi connectivity index (χ1n) is 5.07. The van der Waals surface area contributed by atoms with Crippen molar-refractivity contribution in [1.29, 1.82) is 0 Å². The van der Waals surface area contributed by atoms with Gasteiger partial charge in [0.1, 0.15) is 5.25 Å². The molecule has 0 saturated heterocycles. The normalized spacial score (nSPS) is 12.3. The minimum atomic E-state index is -0.310. The summed E-state index contributed by atoms with van der Waals surface area (Å²) in [5.74, 6) is 0.635. The summed E-state index contributed by atoms with van der Waals surface area (Å²) < 4.78 is 0. The van der Waals surface area contributed by atoms with E-state index in [9.17, 15) is 4.79 Å². The van der Waals surface area contributed by atoms with E-state index < -0.39 is 0 Å². The van der Waals surface area contributed by atoms with Crippen molar-refractivity contribution < 1.29 is 4.79 Å². The predicted octanol–water partition coefficient (Wildman–Crippen LogP) is 2.14. The Morgan fingerprint density at radius 3 is 2.93 bits per heavy atom. The molecule has 0 aliphatic rings. The van der Waals surface area contributed by atoms with Crippen molar-refractivity contribution in [3.05, 3.63) is 30.1 Å². The third-order valence-electron chi connectivity index (χ3n) is 2.00. The second-order valence-electron chi connectivity index (χ2n) is 3.26. The number of carbonyl (C=O) groups is 1. The Hall–Kier alpha value is -1.03. The van der Waals surface area contributed by atoms with Gasteiger partial charge in [0.05, 0.1) is 5.69 Å². The highest BCUT2D eigenvalue weighted by Gasteiger charge is 2.18. The first-order valence-corrected chi connectivity index (χ1v) is 6.12. The standard InChI is InChI=1S/C11H16N2OS/c1-2-3-8-15-10(11(12)14)9-6-4-5-7-13-9/h4-7,10H,2-3,8H2,1H3,(H2,12,14). The summed E-state index contributed by atoms with van der Waals surface area (Å²) in [7, 11) is 0. The van der Waals surface area contributed by atoms with Crippen LogP contribution in [-0.2, 0) is 4.79 Å². The zero-order valence-corrected chi connectivity index (χ0v) is 9.67. The van der Waals surface area contributed by atoms with Gasteiger partial charge in [-0.1, -0.05) is 19.4 Å². The van der Waals surface area contributed by atoms with E-state index in [4.69, 9.17) is 5.73 Å². The fourth-order valence-electron chi connectivity index (χ4n) is 1.19. The number of primary amides is 1. The molecular weight excluding hydrogens is 208 g/mol. The molecule has 2 N–H and O–H groups in total. The maximum absolute atomic E-state index is 11.3. The Morgan fingerprint density at radius 1 is 1.60 bits per heavy atom. The fourth-order valence-corrected chi connectivity index (χ4v) is 2.36. The highest BCUT2D eigenvalue weighted by atomic mass is 32.2. The molecule has 4 heteroatoms. The van der Waals surface area contributed by atoms with Crippen molar-refractivity contribution in [3.8, 4) is 0 Å². The minimum Gasteiger partial charge on any atom is -0.368 e. The average Bonchev–Trinajstić information content (AvgIpc) is 2.25. The van der Waals surface area contributed by atoms with Crippen molar-refractivity contribution in [1.82, 2.24) is 4.98 Å². The van der Waals surface area contributed by atoms with Crippen molar-refractivity contribution >= 4 is 17.7 Å². The van der Waals surface area contributed by atoms with Gasteiger partial charge < -0.3 is 5.73 Å². The molecule has 0 fully saturated rings. The number of amides is 1. The minimum absolute atomic E-state index is 0.308. The maximum Gasteiger partial charge on any atom is 0.236 e. The number of aromatic nitrogens is 1. The lowest BCUT2D eigenvalue weighted by Crippen LogP contribution is -2.20. The second kappa shape index (κ2) is 6.45. The van der Waals surface area contributed by atoms with E-state index in [1.54, 1.807) is 18.0 Å². The highest BCUT2D eigenvalue weighted by Crippen LogP contribution is 2.27. The summed E-state index contributed by atoms with van der Waals surface area (Å²) in [4.78, 5) is 15.4. The molecule has 0 spiro atoms. The zero-order valence-electron chi connectivity index (χ0n) is 8.85. The van der Waals surface area contributed by atoms with Crippen LogP contribution in [0.2, 0.25) is 0 Å². The molecular formula is C11H16N2OS. The Labute approximate surface area is 94.5 Å². The summed E-state index contributed by atoms with van der Waals surface area (Å²) in [5.41, 5.74) is 6.11. The highest BCUT2D eigenvalue weighted by molar-refractivity contribution is 8.00. The number of thioether (sulfide) groups is 1. The maximum atomic E-state index is 11.3. The lowest BCUT2D eigenvalue weighted by molar-refractivity contribution is -0.117. The van der Waals surface area contributed by atoms with E-state index in [0.29, 0.717) is 0 Å². The summed E-state index contributed by atoms with van der Waals surface area (Å²) in [6.07, 6.45) is 3.91. The monoisotopic (exact) mass is 224 g/mol. The third kappa shape index (κ3) is 3.91. The summed E-state index contributed by atoms with van der Waals surface area (Å²) in [5, 5.41) is -0.308. The lowest BCUT2D eigenvalue weighted by atomic mass is 10.2. The van der Waals surface area contributed by atoms with Crippen molar-refractivity contribution in [2.75, 3.05) is 5.75 Å². The van der Waals surface area contributed by atoms with Gasteiger partial charge in [0.15, 0.2) is 0 Å². The Kier molecular flexibility index (Phi) is 5.18. The van der Waals surface area contributed by atoms with Gasteiger partial charge in [0.2, 0.25) is 5.91 Å². The smallest absolute Gasteiger partial charge is 0.236 e. The number of unbranched alkanes of at least 4 members (excludes halogenated alkanes) is 1. The van der Waals surface area contributed by atoms with Crippen LogP contribution in [0, 0.1) is 0 Å². The van der Waals surface area contributed by atoms with Crippen LogP contribution in [-0.4, -0.2) is 16.6 Å². The predicted molar refractivity (Wildman–Crippen MR) is 63.5 cm³/mol. The molecule has 1 unspecified atom stereocenters. The molecule has 0 saturated carbocycles. The Bertz CT molecular complexity index is 303. The van der Waals surface area contributed by atoms with E-state index in [2.05, 4.69) is 11.9 Å². The molecule has 0 aliphatic heterocycles. The second-order valence-corrected chi connectivity index (χ2v) is 4.47. The summed E-state index contributed by atoms with van der Waals surface area (Å²) >= 11 is 1.57. The molecule has 82 valence electrons. The molecule has 1 aromatic rings. The third-order valence-corrected chi connectivity index (χ3v) is 3.33. The molecule has 3 nitrogen and oxygen atoms in total. The number of carbonyl (C=O) groups excluding carboxylic acids is 1. The van der Waals surface area contributed by atoms with Crippen LogP contribution < -0.4 is 5.73 Å². The fraction of sp³-hybridized carbons (Fsp3) is 0.455. The SMILES string of the molecule is CCCCSC(C(N)=O)c1ccccn1. The van der Waals surface area contributed by atoms with Crippen molar-refractivity contribution in [2.24, 2.45) is 5.73 Å². The van der Waals surface area contributed by atoms with Gasteiger partial charge in [-0.2, -0.15) is 0 Å². The van der Waals surface area contributed by atoms with E-state index in [-0.39, 0.29) is 11.2 Å².